The number of carbonyl (C=O) groups is 1. The Balaban J connectivity index is 2.10. The summed E-state index contributed by atoms with van der Waals surface area (Å²) in [5.41, 5.74) is 0.735. The van der Waals surface area contributed by atoms with Crippen LogP contribution in [0.25, 0.3) is 0 Å². The predicted octanol–water partition coefficient (Wildman–Crippen LogP) is 2.98. The number of carbonyl (C=O) groups excluding carboxylic acids is 1. The molecular formula is C12H18N2O. The first kappa shape index (κ1) is 10.4. The molecule has 1 fully saturated rings. The Morgan fingerprint density at radius 1 is 1.33 bits per heavy atom. The maximum absolute atomic E-state index is 11.2. The molecule has 0 radical (unpaired) electrons. The zero-order valence-corrected chi connectivity index (χ0v) is 9.28. The lowest BCUT2D eigenvalue weighted by Crippen LogP contribution is -2.08. The molecular weight excluding hydrogens is 188 g/mol. The van der Waals surface area contributed by atoms with Gasteiger partial charge in [0.05, 0.1) is 17.8 Å². The largest absolute Gasteiger partial charge is 0.294 e. The zero-order valence-electron chi connectivity index (χ0n) is 9.28. The van der Waals surface area contributed by atoms with Gasteiger partial charge in [0.25, 0.3) is 0 Å². The first-order valence-electron chi connectivity index (χ1n) is 5.82. The minimum absolute atomic E-state index is 0.106. The van der Waals surface area contributed by atoms with Crippen LogP contribution in [-0.4, -0.2) is 15.6 Å². The molecule has 0 N–H and O–H groups in total. The second kappa shape index (κ2) is 4.60. The Hall–Kier alpha value is -1.12. The molecule has 1 aromatic heterocycles. The lowest BCUT2D eigenvalue weighted by atomic mass is 10.1. The number of aromatic nitrogens is 2. The van der Waals surface area contributed by atoms with E-state index in [1.165, 1.54) is 38.5 Å². The monoisotopic (exact) mass is 206 g/mol. The highest BCUT2D eigenvalue weighted by Gasteiger charge is 2.15. The summed E-state index contributed by atoms with van der Waals surface area (Å²) in [5, 5.41) is 4.30. The van der Waals surface area contributed by atoms with E-state index in [4.69, 9.17) is 0 Å². The van der Waals surface area contributed by atoms with Gasteiger partial charge in [-0.1, -0.05) is 25.7 Å². The van der Waals surface area contributed by atoms with Crippen molar-refractivity contribution in [3.63, 3.8) is 0 Å². The van der Waals surface area contributed by atoms with E-state index < -0.39 is 0 Å². The molecule has 0 atom stereocenters. The standard InChI is InChI=1S/C12H18N2O/c1-10(15)11-8-13-14(9-11)12-6-4-2-3-5-7-12/h8-9,12H,2-7H2,1H3. The van der Waals surface area contributed by atoms with Crippen LogP contribution in [0, 0.1) is 0 Å². The maximum atomic E-state index is 11.2. The van der Waals surface area contributed by atoms with Crippen molar-refractivity contribution in [1.29, 1.82) is 0 Å². The highest BCUT2D eigenvalue weighted by atomic mass is 16.1. The molecule has 0 aromatic carbocycles. The second-order valence-corrected chi connectivity index (χ2v) is 4.41. The summed E-state index contributed by atoms with van der Waals surface area (Å²) in [5.74, 6) is 0.106. The van der Waals surface area contributed by atoms with Gasteiger partial charge in [-0.15, -0.1) is 0 Å². The molecule has 1 heterocycles. The summed E-state index contributed by atoms with van der Waals surface area (Å²) >= 11 is 0. The Morgan fingerprint density at radius 3 is 2.53 bits per heavy atom. The van der Waals surface area contributed by atoms with Crippen molar-refractivity contribution in [1.82, 2.24) is 9.78 Å². The molecule has 0 bridgehead atoms. The molecule has 2 rings (SSSR count). The molecule has 0 saturated heterocycles. The van der Waals surface area contributed by atoms with Crippen LogP contribution in [0.5, 0.6) is 0 Å². The van der Waals surface area contributed by atoms with Crippen molar-refractivity contribution in [3.05, 3.63) is 18.0 Å². The van der Waals surface area contributed by atoms with Crippen LogP contribution in [0.3, 0.4) is 0 Å². The van der Waals surface area contributed by atoms with Gasteiger partial charge in [-0.3, -0.25) is 9.48 Å². The lowest BCUT2D eigenvalue weighted by Gasteiger charge is -2.13. The SMILES string of the molecule is CC(=O)c1cnn(C2CCCCCC2)c1. The van der Waals surface area contributed by atoms with E-state index in [1.807, 2.05) is 10.9 Å². The van der Waals surface area contributed by atoms with Gasteiger partial charge in [0.15, 0.2) is 5.78 Å². The summed E-state index contributed by atoms with van der Waals surface area (Å²) in [6.45, 7) is 1.59. The smallest absolute Gasteiger partial charge is 0.162 e. The quantitative estimate of drug-likeness (QED) is 0.550. The summed E-state index contributed by atoms with van der Waals surface area (Å²) < 4.78 is 1.99. The molecule has 1 saturated carbocycles. The molecule has 15 heavy (non-hydrogen) atoms. The van der Waals surface area contributed by atoms with Gasteiger partial charge in [0.1, 0.15) is 0 Å². The van der Waals surface area contributed by atoms with Crippen LogP contribution in [-0.2, 0) is 0 Å². The van der Waals surface area contributed by atoms with E-state index in [-0.39, 0.29) is 5.78 Å². The Kier molecular flexibility index (Phi) is 3.19. The number of hydrogen-bond donors (Lipinski definition) is 0. The van der Waals surface area contributed by atoms with E-state index in [1.54, 1.807) is 13.1 Å². The minimum atomic E-state index is 0.106. The van der Waals surface area contributed by atoms with Gasteiger partial charge in [-0.2, -0.15) is 5.10 Å². The molecule has 1 aliphatic carbocycles. The minimum Gasteiger partial charge on any atom is -0.294 e. The topological polar surface area (TPSA) is 34.9 Å². The molecule has 0 spiro atoms. The highest BCUT2D eigenvalue weighted by Crippen LogP contribution is 2.26. The third kappa shape index (κ3) is 2.46. The van der Waals surface area contributed by atoms with Crippen molar-refractivity contribution in [2.45, 2.75) is 51.5 Å². The Labute approximate surface area is 90.5 Å². The predicted molar refractivity (Wildman–Crippen MR) is 59.0 cm³/mol. The normalized spacial score (nSPS) is 18.7. The number of Topliss-reactive ketones (excluding diaryl/α,β-unsaturated/α-hetero) is 1. The molecule has 1 aliphatic rings. The van der Waals surface area contributed by atoms with Gasteiger partial charge in [0, 0.05) is 6.20 Å². The van der Waals surface area contributed by atoms with Crippen LogP contribution >= 0.6 is 0 Å². The van der Waals surface area contributed by atoms with Crippen LogP contribution < -0.4 is 0 Å². The summed E-state index contributed by atoms with van der Waals surface area (Å²) in [6.07, 6.45) is 11.3. The molecule has 3 nitrogen and oxygen atoms in total. The molecule has 3 heteroatoms. The van der Waals surface area contributed by atoms with Gasteiger partial charge >= 0.3 is 0 Å². The first-order chi connectivity index (χ1) is 7.27. The fourth-order valence-corrected chi connectivity index (χ4v) is 2.24. The number of hydrogen-bond acceptors (Lipinski definition) is 2. The van der Waals surface area contributed by atoms with Crippen LogP contribution in [0.1, 0.15) is 61.8 Å². The van der Waals surface area contributed by atoms with Crippen LogP contribution in [0.4, 0.5) is 0 Å². The van der Waals surface area contributed by atoms with E-state index in [0.717, 1.165) is 5.56 Å². The molecule has 1 aromatic rings. The summed E-state index contributed by atoms with van der Waals surface area (Å²) in [7, 11) is 0. The zero-order chi connectivity index (χ0) is 10.7. The van der Waals surface area contributed by atoms with E-state index >= 15 is 0 Å². The summed E-state index contributed by atoms with van der Waals surface area (Å²) in [6, 6.07) is 0.514. The third-order valence-electron chi connectivity index (χ3n) is 3.21. The molecule has 0 unspecified atom stereocenters. The Morgan fingerprint density at radius 2 is 2.00 bits per heavy atom. The average molecular weight is 206 g/mol. The van der Waals surface area contributed by atoms with Crippen LogP contribution in [0.2, 0.25) is 0 Å². The van der Waals surface area contributed by atoms with Gasteiger partial charge in [-0.25, -0.2) is 0 Å². The van der Waals surface area contributed by atoms with Gasteiger partial charge in [0.2, 0.25) is 0 Å². The Bertz CT molecular complexity index is 335. The van der Waals surface area contributed by atoms with Crippen molar-refractivity contribution < 1.29 is 4.79 Å². The van der Waals surface area contributed by atoms with Crippen molar-refractivity contribution in [2.24, 2.45) is 0 Å². The molecule has 82 valence electrons. The van der Waals surface area contributed by atoms with Gasteiger partial charge in [-0.05, 0) is 19.8 Å². The number of ketones is 1. The first-order valence-corrected chi connectivity index (χ1v) is 5.82. The fraction of sp³-hybridized carbons (Fsp3) is 0.667. The van der Waals surface area contributed by atoms with Crippen LogP contribution in [0.15, 0.2) is 12.4 Å². The third-order valence-corrected chi connectivity index (χ3v) is 3.21. The van der Waals surface area contributed by atoms with Crippen molar-refractivity contribution in [2.75, 3.05) is 0 Å². The lowest BCUT2D eigenvalue weighted by molar-refractivity contribution is 0.101. The van der Waals surface area contributed by atoms with Gasteiger partial charge < -0.3 is 0 Å². The van der Waals surface area contributed by atoms with Crippen molar-refractivity contribution in [3.8, 4) is 0 Å². The average Bonchev–Trinajstić information content (AvgIpc) is 2.55. The maximum Gasteiger partial charge on any atom is 0.162 e. The fourth-order valence-electron chi connectivity index (χ4n) is 2.24. The molecule has 0 amide bonds. The summed E-state index contributed by atoms with van der Waals surface area (Å²) in [4.78, 5) is 11.2. The highest BCUT2D eigenvalue weighted by molar-refractivity contribution is 5.93. The molecule has 0 aliphatic heterocycles. The number of rotatable bonds is 2. The second-order valence-electron chi connectivity index (χ2n) is 4.41. The van der Waals surface area contributed by atoms with Crippen molar-refractivity contribution >= 4 is 5.78 Å². The number of nitrogens with zero attached hydrogens (tertiary/aromatic N) is 2. The van der Waals surface area contributed by atoms with E-state index in [9.17, 15) is 4.79 Å². The van der Waals surface area contributed by atoms with E-state index in [0.29, 0.717) is 6.04 Å². The van der Waals surface area contributed by atoms with E-state index in [2.05, 4.69) is 5.10 Å².